The smallest absolute Gasteiger partial charge is 0.354 e. The van der Waals surface area contributed by atoms with Gasteiger partial charge in [0.15, 0.2) is 11.3 Å². The van der Waals surface area contributed by atoms with Crippen LogP contribution in [0, 0.1) is 6.92 Å². The molecule has 0 spiro atoms. The van der Waals surface area contributed by atoms with Crippen molar-refractivity contribution >= 4 is 11.6 Å². The van der Waals surface area contributed by atoms with Gasteiger partial charge in [-0.05, 0) is 25.8 Å². The normalized spacial score (nSPS) is 16.9. The van der Waals surface area contributed by atoms with Gasteiger partial charge in [0.1, 0.15) is 0 Å². The number of aromatic carboxylic acids is 1. The maximum atomic E-state index is 11.2. The van der Waals surface area contributed by atoms with Crippen molar-refractivity contribution in [1.82, 2.24) is 14.6 Å². The van der Waals surface area contributed by atoms with Crippen molar-refractivity contribution in [2.75, 3.05) is 0 Å². The quantitative estimate of drug-likeness (QED) is 0.900. The summed E-state index contributed by atoms with van der Waals surface area (Å²) in [5, 5.41) is 13.6. The summed E-state index contributed by atoms with van der Waals surface area (Å²) in [6.45, 7) is 1.90. The second kappa shape index (κ2) is 4.64. The Hall–Kier alpha value is -1.91. The van der Waals surface area contributed by atoms with Crippen molar-refractivity contribution in [3.63, 3.8) is 0 Å². The largest absolute Gasteiger partial charge is 0.477 e. The lowest BCUT2D eigenvalue weighted by atomic mass is 9.86. The molecule has 19 heavy (non-hydrogen) atoms. The number of fused-ring (bicyclic) bond motifs is 1. The SMILES string of the molecule is Cc1cc2nc(C(=O)O)cc(C3CCCCC3)n2n1. The maximum absolute atomic E-state index is 11.2. The van der Waals surface area contributed by atoms with Crippen LogP contribution in [0.2, 0.25) is 0 Å². The second-order valence-corrected chi connectivity index (χ2v) is 5.26. The molecule has 2 aromatic heterocycles. The summed E-state index contributed by atoms with van der Waals surface area (Å²) in [7, 11) is 0. The minimum absolute atomic E-state index is 0.118. The Balaban J connectivity index is 2.16. The van der Waals surface area contributed by atoms with E-state index in [2.05, 4.69) is 10.1 Å². The van der Waals surface area contributed by atoms with E-state index < -0.39 is 5.97 Å². The van der Waals surface area contributed by atoms with Crippen LogP contribution in [0.25, 0.3) is 5.65 Å². The minimum Gasteiger partial charge on any atom is -0.477 e. The molecular formula is C14H17N3O2. The Bertz CT molecular complexity index is 627. The predicted octanol–water partition coefficient (Wildman–Crippen LogP) is 2.78. The van der Waals surface area contributed by atoms with Gasteiger partial charge in [-0.1, -0.05) is 19.3 Å². The molecular weight excluding hydrogens is 242 g/mol. The molecule has 1 saturated carbocycles. The number of aryl methyl sites for hydroxylation is 1. The Kier molecular flexibility index (Phi) is 2.97. The first kappa shape index (κ1) is 12.1. The highest BCUT2D eigenvalue weighted by molar-refractivity contribution is 5.86. The zero-order chi connectivity index (χ0) is 13.4. The molecule has 0 atom stereocenters. The summed E-state index contributed by atoms with van der Waals surface area (Å²) in [5.74, 6) is -0.574. The van der Waals surface area contributed by atoms with Crippen LogP contribution < -0.4 is 0 Å². The van der Waals surface area contributed by atoms with Crippen LogP contribution in [-0.2, 0) is 0 Å². The average Bonchev–Trinajstić information content (AvgIpc) is 2.78. The van der Waals surface area contributed by atoms with E-state index in [-0.39, 0.29) is 5.69 Å². The van der Waals surface area contributed by atoms with E-state index in [9.17, 15) is 9.90 Å². The highest BCUT2D eigenvalue weighted by Gasteiger charge is 2.21. The zero-order valence-electron chi connectivity index (χ0n) is 11.0. The number of carboxylic acid groups (broad SMARTS) is 1. The number of carboxylic acids is 1. The van der Waals surface area contributed by atoms with Gasteiger partial charge in [0.2, 0.25) is 0 Å². The van der Waals surface area contributed by atoms with Crippen LogP contribution >= 0.6 is 0 Å². The van der Waals surface area contributed by atoms with Crippen LogP contribution in [0.15, 0.2) is 12.1 Å². The molecule has 0 unspecified atom stereocenters. The fourth-order valence-corrected chi connectivity index (χ4v) is 2.91. The van der Waals surface area contributed by atoms with Crippen molar-refractivity contribution in [3.05, 3.63) is 29.2 Å². The molecule has 100 valence electrons. The maximum Gasteiger partial charge on any atom is 0.354 e. The van der Waals surface area contributed by atoms with Gasteiger partial charge in [0.25, 0.3) is 0 Å². The zero-order valence-corrected chi connectivity index (χ0v) is 11.0. The molecule has 0 bridgehead atoms. The minimum atomic E-state index is -0.974. The Morgan fingerprint density at radius 1 is 1.32 bits per heavy atom. The molecule has 2 heterocycles. The molecule has 2 aromatic rings. The van der Waals surface area contributed by atoms with Gasteiger partial charge in [-0.15, -0.1) is 0 Å². The number of nitrogens with zero attached hydrogens (tertiary/aromatic N) is 3. The summed E-state index contributed by atoms with van der Waals surface area (Å²) >= 11 is 0. The van der Waals surface area contributed by atoms with Crippen molar-refractivity contribution in [3.8, 4) is 0 Å². The second-order valence-electron chi connectivity index (χ2n) is 5.26. The van der Waals surface area contributed by atoms with Gasteiger partial charge in [-0.3, -0.25) is 0 Å². The molecule has 3 rings (SSSR count). The topological polar surface area (TPSA) is 67.5 Å². The first-order valence-corrected chi connectivity index (χ1v) is 6.76. The van der Waals surface area contributed by atoms with Gasteiger partial charge in [0, 0.05) is 17.7 Å². The third-order valence-electron chi connectivity index (χ3n) is 3.82. The molecule has 0 aliphatic heterocycles. The van der Waals surface area contributed by atoms with Crippen molar-refractivity contribution in [1.29, 1.82) is 0 Å². The molecule has 1 aliphatic rings. The molecule has 1 fully saturated rings. The number of rotatable bonds is 2. The molecule has 0 saturated heterocycles. The van der Waals surface area contributed by atoms with E-state index >= 15 is 0 Å². The molecule has 0 radical (unpaired) electrons. The van der Waals surface area contributed by atoms with E-state index in [1.807, 2.05) is 17.5 Å². The van der Waals surface area contributed by atoms with E-state index in [1.54, 1.807) is 6.07 Å². The lowest BCUT2D eigenvalue weighted by Crippen LogP contribution is -2.13. The standard InChI is InChI=1S/C14H17N3O2/c1-9-7-13-15-11(14(18)19)8-12(17(13)16-9)10-5-3-2-4-6-10/h7-8,10H,2-6H2,1H3,(H,18,19). The third kappa shape index (κ3) is 2.20. The molecule has 1 N–H and O–H groups in total. The molecule has 0 aromatic carbocycles. The lowest BCUT2D eigenvalue weighted by molar-refractivity contribution is 0.0690. The first-order chi connectivity index (χ1) is 9.15. The first-order valence-electron chi connectivity index (χ1n) is 6.76. The van der Waals surface area contributed by atoms with Crippen molar-refractivity contribution in [2.45, 2.75) is 44.9 Å². The van der Waals surface area contributed by atoms with Crippen molar-refractivity contribution in [2.24, 2.45) is 0 Å². The van der Waals surface area contributed by atoms with Gasteiger partial charge >= 0.3 is 5.97 Å². The highest BCUT2D eigenvalue weighted by atomic mass is 16.4. The fourth-order valence-electron chi connectivity index (χ4n) is 2.91. The van der Waals surface area contributed by atoms with E-state index in [1.165, 1.54) is 19.3 Å². The van der Waals surface area contributed by atoms with Gasteiger partial charge in [-0.2, -0.15) is 5.10 Å². The van der Waals surface area contributed by atoms with Crippen LogP contribution in [-0.4, -0.2) is 25.7 Å². The van der Waals surface area contributed by atoms with Crippen LogP contribution in [0.1, 0.15) is 59.9 Å². The van der Waals surface area contributed by atoms with E-state index in [0.29, 0.717) is 11.6 Å². The average molecular weight is 259 g/mol. The van der Waals surface area contributed by atoms with Crippen LogP contribution in [0.4, 0.5) is 0 Å². The molecule has 5 heteroatoms. The predicted molar refractivity (Wildman–Crippen MR) is 70.5 cm³/mol. The lowest BCUT2D eigenvalue weighted by Gasteiger charge is -2.22. The van der Waals surface area contributed by atoms with Crippen LogP contribution in [0.5, 0.6) is 0 Å². The molecule has 0 amide bonds. The highest BCUT2D eigenvalue weighted by Crippen LogP contribution is 2.32. The summed E-state index contributed by atoms with van der Waals surface area (Å²) in [6.07, 6.45) is 5.90. The third-order valence-corrected chi connectivity index (χ3v) is 3.82. The monoisotopic (exact) mass is 259 g/mol. The van der Waals surface area contributed by atoms with E-state index in [4.69, 9.17) is 0 Å². The van der Waals surface area contributed by atoms with E-state index in [0.717, 1.165) is 24.2 Å². The summed E-state index contributed by atoms with van der Waals surface area (Å²) < 4.78 is 1.82. The van der Waals surface area contributed by atoms with Crippen LogP contribution in [0.3, 0.4) is 0 Å². The molecule has 5 nitrogen and oxygen atoms in total. The molecule has 1 aliphatic carbocycles. The Morgan fingerprint density at radius 3 is 2.74 bits per heavy atom. The number of hydrogen-bond donors (Lipinski definition) is 1. The number of hydrogen-bond acceptors (Lipinski definition) is 3. The Labute approximate surface area is 111 Å². The van der Waals surface area contributed by atoms with Gasteiger partial charge in [0.05, 0.1) is 5.69 Å². The number of aromatic nitrogens is 3. The van der Waals surface area contributed by atoms with Crippen molar-refractivity contribution < 1.29 is 9.90 Å². The van der Waals surface area contributed by atoms with Gasteiger partial charge < -0.3 is 5.11 Å². The summed E-state index contributed by atoms with van der Waals surface area (Å²) in [6, 6.07) is 3.52. The fraction of sp³-hybridized carbons (Fsp3) is 0.500. The summed E-state index contributed by atoms with van der Waals surface area (Å²) in [5.41, 5.74) is 2.62. The number of carbonyl (C=O) groups is 1. The Morgan fingerprint density at radius 2 is 2.05 bits per heavy atom. The van der Waals surface area contributed by atoms with Gasteiger partial charge in [-0.25, -0.2) is 14.3 Å². The summed E-state index contributed by atoms with van der Waals surface area (Å²) in [4.78, 5) is 15.3.